The Morgan fingerprint density at radius 3 is 2.32 bits per heavy atom. The standard InChI is InChI=1S/C13H20N2O4/c1-8(16)9-6-15(7-10(17)13(2,3)4)12(19)14(5)11(9)18/h6,10,17H,7H2,1-5H3. The lowest BCUT2D eigenvalue weighted by atomic mass is 9.89. The van der Waals surface area contributed by atoms with Crippen molar-refractivity contribution >= 4 is 5.78 Å². The molecule has 1 atom stereocenters. The first kappa shape index (κ1) is 15.4. The van der Waals surface area contributed by atoms with Gasteiger partial charge in [-0.3, -0.25) is 18.7 Å². The Morgan fingerprint density at radius 2 is 1.89 bits per heavy atom. The molecule has 0 aliphatic rings. The van der Waals surface area contributed by atoms with Crippen LogP contribution in [0.2, 0.25) is 0 Å². The van der Waals surface area contributed by atoms with Crippen LogP contribution in [0.3, 0.4) is 0 Å². The van der Waals surface area contributed by atoms with Crippen LogP contribution in [0.15, 0.2) is 15.8 Å². The Morgan fingerprint density at radius 1 is 1.37 bits per heavy atom. The fraction of sp³-hybridized carbons (Fsp3) is 0.615. The first-order valence-electron chi connectivity index (χ1n) is 6.05. The minimum absolute atomic E-state index is 0.0384. The summed E-state index contributed by atoms with van der Waals surface area (Å²) in [5, 5.41) is 10.0. The van der Waals surface area contributed by atoms with E-state index in [9.17, 15) is 19.5 Å². The highest BCUT2D eigenvalue weighted by molar-refractivity contribution is 5.93. The molecule has 19 heavy (non-hydrogen) atoms. The van der Waals surface area contributed by atoms with Gasteiger partial charge in [-0.1, -0.05) is 20.8 Å². The molecule has 1 N–H and O–H groups in total. The Hall–Kier alpha value is -1.69. The van der Waals surface area contributed by atoms with Crippen molar-refractivity contribution in [3.63, 3.8) is 0 Å². The average molecular weight is 268 g/mol. The van der Waals surface area contributed by atoms with Gasteiger partial charge in [0.15, 0.2) is 5.78 Å². The molecule has 1 heterocycles. The lowest BCUT2D eigenvalue weighted by molar-refractivity contribution is 0.0464. The molecular formula is C13H20N2O4. The summed E-state index contributed by atoms with van der Waals surface area (Å²) in [4.78, 5) is 35.0. The van der Waals surface area contributed by atoms with Gasteiger partial charge in [-0.05, 0) is 12.3 Å². The maximum Gasteiger partial charge on any atom is 0.330 e. The zero-order valence-electron chi connectivity index (χ0n) is 11.9. The van der Waals surface area contributed by atoms with Crippen LogP contribution < -0.4 is 11.2 Å². The number of ketones is 1. The van der Waals surface area contributed by atoms with E-state index in [-0.39, 0.29) is 12.1 Å². The minimum atomic E-state index is -0.762. The second kappa shape index (κ2) is 5.13. The zero-order valence-corrected chi connectivity index (χ0v) is 11.9. The van der Waals surface area contributed by atoms with E-state index in [1.807, 2.05) is 20.8 Å². The maximum atomic E-state index is 11.9. The van der Waals surface area contributed by atoms with E-state index in [1.54, 1.807) is 0 Å². The highest BCUT2D eigenvalue weighted by atomic mass is 16.3. The van der Waals surface area contributed by atoms with E-state index < -0.39 is 28.6 Å². The Bertz CT molecular complexity index is 605. The largest absolute Gasteiger partial charge is 0.391 e. The van der Waals surface area contributed by atoms with Crippen molar-refractivity contribution in [1.82, 2.24) is 9.13 Å². The van der Waals surface area contributed by atoms with E-state index in [0.29, 0.717) is 0 Å². The van der Waals surface area contributed by atoms with E-state index in [1.165, 1.54) is 24.7 Å². The molecule has 0 fully saturated rings. The molecule has 0 amide bonds. The fourth-order valence-corrected chi connectivity index (χ4v) is 1.56. The van der Waals surface area contributed by atoms with Gasteiger partial charge in [0.25, 0.3) is 5.56 Å². The van der Waals surface area contributed by atoms with E-state index >= 15 is 0 Å². The number of aliphatic hydroxyl groups excluding tert-OH is 1. The third kappa shape index (κ3) is 3.20. The van der Waals surface area contributed by atoms with Crippen molar-refractivity contribution in [2.75, 3.05) is 0 Å². The Labute approximate surface area is 111 Å². The van der Waals surface area contributed by atoms with Crippen molar-refractivity contribution in [3.8, 4) is 0 Å². The first-order valence-corrected chi connectivity index (χ1v) is 6.05. The highest BCUT2D eigenvalue weighted by Crippen LogP contribution is 2.19. The molecule has 0 aromatic carbocycles. The molecule has 6 nitrogen and oxygen atoms in total. The molecule has 0 aliphatic carbocycles. The number of Topliss-reactive ketones (excluding diaryl/α,β-unsaturated/α-hetero) is 1. The summed E-state index contributed by atoms with van der Waals surface area (Å²) in [6.45, 7) is 6.84. The molecule has 0 saturated carbocycles. The van der Waals surface area contributed by atoms with Crippen molar-refractivity contribution in [2.45, 2.75) is 40.3 Å². The predicted octanol–water partition coefficient (Wildman–Crippen LogP) is 0.157. The molecule has 6 heteroatoms. The summed E-state index contributed by atoms with van der Waals surface area (Å²) < 4.78 is 2.08. The summed E-state index contributed by atoms with van der Waals surface area (Å²) in [6.07, 6.45) is 0.463. The van der Waals surface area contributed by atoms with Gasteiger partial charge in [-0.25, -0.2) is 4.79 Å². The molecule has 0 bridgehead atoms. The number of rotatable bonds is 3. The van der Waals surface area contributed by atoms with Crippen LogP contribution in [0.5, 0.6) is 0 Å². The van der Waals surface area contributed by atoms with Crippen LogP contribution in [0, 0.1) is 5.41 Å². The first-order chi connectivity index (χ1) is 8.55. The quantitative estimate of drug-likeness (QED) is 0.792. The Kier molecular flexibility index (Phi) is 4.15. The number of carbonyl (C=O) groups is 1. The van der Waals surface area contributed by atoms with Gasteiger partial charge in [0, 0.05) is 13.2 Å². The van der Waals surface area contributed by atoms with Gasteiger partial charge in [-0.2, -0.15) is 0 Å². The summed E-state index contributed by atoms with van der Waals surface area (Å²) in [5.74, 6) is -0.403. The molecule has 1 rings (SSSR count). The van der Waals surface area contributed by atoms with Crippen molar-refractivity contribution in [2.24, 2.45) is 12.5 Å². The van der Waals surface area contributed by atoms with Gasteiger partial charge >= 0.3 is 5.69 Å². The number of aromatic nitrogens is 2. The van der Waals surface area contributed by atoms with Crippen LogP contribution >= 0.6 is 0 Å². The second-order valence-corrected chi connectivity index (χ2v) is 5.78. The van der Waals surface area contributed by atoms with Gasteiger partial charge < -0.3 is 5.11 Å². The molecule has 1 aromatic heterocycles. The van der Waals surface area contributed by atoms with Gasteiger partial charge in [0.05, 0.1) is 18.2 Å². The molecule has 1 unspecified atom stereocenters. The maximum absolute atomic E-state index is 11.9. The molecule has 0 radical (unpaired) electrons. The highest BCUT2D eigenvalue weighted by Gasteiger charge is 2.23. The zero-order chi connectivity index (χ0) is 15.0. The number of aliphatic hydroxyl groups is 1. The van der Waals surface area contributed by atoms with E-state index in [4.69, 9.17) is 0 Å². The number of carbonyl (C=O) groups excluding carboxylic acids is 1. The minimum Gasteiger partial charge on any atom is -0.391 e. The third-order valence-corrected chi connectivity index (χ3v) is 3.10. The van der Waals surface area contributed by atoms with Crippen molar-refractivity contribution < 1.29 is 9.90 Å². The van der Waals surface area contributed by atoms with Crippen molar-refractivity contribution in [1.29, 1.82) is 0 Å². The summed E-state index contributed by atoms with van der Waals surface area (Å²) >= 11 is 0. The number of nitrogens with zero attached hydrogens (tertiary/aromatic N) is 2. The molecular weight excluding hydrogens is 248 g/mol. The average Bonchev–Trinajstić information content (AvgIpc) is 2.28. The monoisotopic (exact) mass is 268 g/mol. The van der Waals surface area contributed by atoms with Crippen LogP contribution in [-0.4, -0.2) is 26.1 Å². The molecule has 1 aromatic rings. The molecule has 0 aliphatic heterocycles. The lowest BCUT2D eigenvalue weighted by Gasteiger charge is -2.26. The normalized spacial score (nSPS) is 13.4. The summed E-state index contributed by atoms with van der Waals surface area (Å²) in [5.41, 5.74) is -1.61. The van der Waals surface area contributed by atoms with E-state index in [0.717, 1.165) is 4.57 Å². The van der Waals surface area contributed by atoms with Crippen LogP contribution in [-0.2, 0) is 13.6 Å². The lowest BCUT2D eigenvalue weighted by Crippen LogP contribution is -2.43. The Balaban J connectivity index is 3.34. The van der Waals surface area contributed by atoms with Gasteiger partial charge in [-0.15, -0.1) is 0 Å². The van der Waals surface area contributed by atoms with Crippen LogP contribution in [0.25, 0.3) is 0 Å². The molecule has 0 saturated heterocycles. The SMILES string of the molecule is CC(=O)c1cn(CC(O)C(C)(C)C)c(=O)n(C)c1=O. The van der Waals surface area contributed by atoms with Gasteiger partial charge in [0.1, 0.15) is 0 Å². The summed E-state index contributed by atoms with van der Waals surface area (Å²) in [7, 11) is 1.32. The predicted molar refractivity (Wildman–Crippen MR) is 71.4 cm³/mol. The topological polar surface area (TPSA) is 81.3 Å². The molecule has 0 spiro atoms. The number of hydrogen-bond donors (Lipinski definition) is 1. The summed E-state index contributed by atoms with van der Waals surface area (Å²) in [6, 6.07) is 0. The van der Waals surface area contributed by atoms with Crippen LogP contribution in [0.4, 0.5) is 0 Å². The molecule has 106 valence electrons. The van der Waals surface area contributed by atoms with Crippen molar-refractivity contribution in [3.05, 3.63) is 32.6 Å². The second-order valence-electron chi connectivity index (χ2n) is 5.78. The van der Waals surface area contributed by atoms with E-state index in [2.05, 4.69) is 0 Å². The van der Waals surface area contributed by atoms with Gasteiger partial charge in [0.2, 0.25) is 0 Å². The smallest absolute Gasteiger partial charge is 0.330 e. The van der Waals surface area contributed by atoms with Crippen LogP contribution in [0.1, 0.15) is 38.1 Å². The fourth-order valence-electron chi connectivity index (χ4n) is 1.56. The number of hydrogen-bond acceptors (Lipinski definition) is 4. The third-order valence-electron chi connectivity index (χ3n) is 3.10.